The van der Waals surface area contributed by atoms with Crippen molar-refractivity contribution in [3.63, 3.8) is 0 Å². The molecule has 1 aromatic rings. The topological polar surface area (TPSA) is 111 Å². The molecule has 0 aliphatic rings. The highest BCUT2D eigenvalue weighted by Gasteiger charge is 2.09. The highest BCUT2D eigenvalue weighted by Crippen LogP contribution is 2.06. The predicted molar refractivity (Wildman–Crippen MR) is 34.2 cm³/mol. The number of nitrogens with zero attached hydrogens (tertiary/aromatic N) is 2. The van der Waals surface area contributed by atoms with Crippen LogP contribution in [0.3, 0.4) is 0 Å². The zero-order valence-corrected chi connectivity index (χ0v) is 5.98. The summed E-state index contributed by atoms with van der Waals surface area (Å²) in [7, 11) is 0. The van der Waals surface area contributed by atoms with Gasteiger partial charge in [-0.25, -0.2) is 4.63 Å². The second kappa shape index (κ2) is 3.67. The summed E-state index contributed by atoms with van der Waals surface area (Å²) >= 11 is 0. The lowest BCUT2D eigenvalue weighted by molar-refractivity contribution is -0.255. The Kier molecular flexibility index (Phi) is 2.59. The van der Waals surface area contributed by atoms with E-state index in [0.29, 0.717) is 0 Å². The number of carboxylic acids is 1. The van der Waals surface area contributed by atoms with Gasteiger partial charge in [0.05, 0.1) is 12.6 Å². The zero-order valence-electron chi connectivity index (χ0n) is 5.98. The SMILES string of the molecule is O=C([O-])c1nonc1NCCO. The van der Waals surface area contributed by atoms with Crippen molar-refractivity contribution in [1.82, 2.24) is 10.3 Å². The maximum Gasteiger partial charge on any atom is 0.200 e. The van der Waals surface area contributed by atoms with Crippen LogP contribution in [-0.2, 0) is 0 Å². The maximum absolute atomic E-state index is 10.3. The lowest BCUT2D eigenvalue weighted by Gasteiger charge is -2.00. The minimum absolute atomic E-state index is 0.0379. The fourth-order valence-electron chi connectivity index (χ4n) is 0.613. The molecular formula is C5H6N3O4-. The molecule has 0 radical (unpaired) electrons. The largest absolute Gasteiger partial charge is 0.543 e. The molecule has 0 aliphatic carbocycles. The van der Waals surface area contributed by atoms with Crippen molar-refractivity contribution in [1.29, 1.82) is 0 Å². The summed E-state index contributed by atoms with van der Waals surface area (Å²) in [5.41, 5.74) is -0.400. The first-order valence-electron chi connectivity index (χ1n) is 3.14. The number of hydrogen-bond donors (Lipinski definition) is 2. The molecule has 66 valence electrons. The van der Waals surface area contributed by atoms with Crippen molar-refractivity contribution in [2.24, 2.45) is 0 Å². The average molecular weight is 172 g/mol. The van der Waals surface area contributed by atoms with Gasteiger partial charge in [-0.3, -0.25) is 0 Å². The summed E-state index contributed by atoms with van der Waals surface area (Å²) in [6, 6.07) is 0. The molecule has 0 aliphatic heterocycles. The van der Waals surface area contributed by atoms with Crippen molar-refractivity contribution in [2.45, 2.75) is 0 Å². The second-order valence-corrected chi connectivity index (χ2v) is 1.90. The Balaban J connectivity index is 2.70. The van der Waals surface area contributed by atoms with E-state index in [1.165, 1.54) is 0 Å². The molecule has 0 saturated carbocycles. The first-order chi connectivity index (χ1) is 5.75. The number of hydrogen-bond acceptors (Lipinski definition) is 7. The molecule has 2 N–H and O–H groups in total. The third kappa shape index (κ3) is 1.70. The van der Waals surface area contributed by atoms with Crippen molar-refractivity contribution < 1.29 is 19.6 Å². The Hall–Kier alpha value is -1.63. The third-order valence-electron chi connectivity index (χ3n) is 1.09. The van der Waals surface area contributed by atoms with E-state index in [2.05, 4.69) is 20.3 Å². The van der Waals surface area contributed by atoms with Crippen LogP contribution in [0, 0.1) is 0 Å². The van der Waals surface area contributed by atoms with E-state index >= 15 is 0 Å². The Morgan fingerprint density at radius 1 is 1.67 bits per heavy atom. The molecule has 1 heterocycles. The number of aliphatic hydroxyl groups excluding tert-OH is 1. The van der Waals surface area contributed by atoms with Gasteiger partial charge in [0.2, 0.25) is 0 Å². The number of aromatic carboxylic acids is 1. The van der Waals surface area contributed by atoms with Gasteiger partial charge in [-0.2, -0.15) is 0 Å². The smallest absolute Gasteiger partial charge is 0.200 e. The number of rotatable bonds is 4. The van der Waals surface area contributed by atoms with E-state index in [1.807, 2.05) is 0 Å². The summed E-state index contributed by atoms with van der Waals surface area (Å²) in [4.78, 5) is 10.3. The molecule has 0 aromatic carbocycles. The van der Waals surface area contributed by atoms with Crippen LogP contribution in [0.2, 0.25) is 0 Å². The highest BCUT2D eigenvalue weighted by molar-refractivity contribution is 5.88. The quantitative estimate of drug-likeness (QED) is 0.531. The van der Waals surface area contributed by atoms with E-state index in [1.54, 1.807) is 0 Å². The van der Waals surface area contributed by atoms with Crippen molar-refractivity contribution >= 4 is 11.8 Å². The Morgan fingerprint density at radius 2 is 2.42 bits per heavy atom. The van der Waals surface area contributed by atoms with Gasteiger partial charge in [0, 0.05) is 6.54 Å². The molecule has 12 heavy (non-hydrogen) atoms. The van der Waals surface area contributed by atoms with Crippen LogP contribution in [-0.4, -0.2) is 34.5 Å². The molecule has 0 unspecified atom stereocenters. The molecule has 0 saturated heterocycles. The van der Waals surface area contributed by atoms with Crippen LogP contribution >= 0.6 is 0 Å². The number of nitrogens with one attached hydrogen (secondary N) is 1. The van der Waals surface area contributed by atoms with E-state index in [0.717, 1.165) is 0 Å². The number of carboxylic acid groups (broad SMARTS) is 1. The van der Waals surface area contributed by atoms with Crippen molar-refractivity contribution in [3.05, 3.63) is 5.69 Å². The molecule has 7 heteroatoms. The number of carbonyl (C=O) groups is 1. The fraction of sp³-hybridized carbons (Fsp3) is 0.400. The summed E-state index contributed by atoms with van der Waals surface area (Å²) in [5.74, 6) is -1.51. The summed E-state index contributed by atoms with van der Waals surface area (Å²) in [5, 5.41) is 27.5. The lowest BCUT2D eigenvalue weighted by atomic mass is 10.4. The second-order valence-electron chi connectivity index (χ2n) is 1.90. The van der Waals surface area contributed by atoms with Crippen LogP contribution in [0.15, 0.2) is 4.63 Å². The van der Waals surface area contributed by atoms with E-state index in [9.17, 15) is 9.90 Å². The minimum atomic E-state index is -1.48. The minimum Gasteiger partial charge on any atom is -0.543 e. The van der Waals surface area contributed by atoms with Crippen LogP contribution in [0.1, 0.15) is 10.5 Å². The molecule has 0 spiro atoms. The Labute approximate surface area is 67.0 Å². The number of anilines is 1. The summed E-state index contributed by atoms with van der Waals surface area (Å²) in [6.45, 7) is 0.0356. The molecule has 0 fully saturated rings. The van der Waals surface area contributed by atoms with Crippen LogP contribution in [0.5, 0.6) is 0 Å². The normalized spacial score (nSPS) is 9.75. The van der Waals surface area contributed by atoms with Gasteiger partial charge in [0.15, 0.2) is 11.5 Å². The third-order valence-corrected chi connectivity index (χ3v) is 1.09. The predicted octanol–water partition coefficient (Wildman–Crippen LogP) is -2.16. The van der Waals surface area contributed by atoms with E-state index in [-0.39, 0.29) is 19.0 Å². The monoisotopic (exact) mass is 172 g/mol. The standard InChI is InChI=1S/C5H7N3O4/c9-2-1-6-4-3(5(10)11)7-12-8-4/h9H,1-2H2,(H,6,8)(H,10,11)/p-1. The molecular weight excluding hydrogens is 166 g/mol. The Bertz CT molecular complexity index is 271. The first kappa shape index (κ1) is 8.47. The molecule has 1 aromatic heterocycles. The fourth-order valence-corrected chi connectivity index (χ4v) is 0.613. The van der Waals surface area contributed by atoms with Crippen molar-refractivity contribution in [2.75, 3.05) is 18.5 Å². The number of aromatic nitrogens is 2. The molecule has 0 amide bonds. The van der Waals surface area contributed by atoms with Crippen LogP contribution in [0.25, 0.3) is 0 Å². The van der Waals surface area contributed by atoms with Gasteiger partial charge in [-0.1, -0.05) is 0 Å². The van der Waals surface area contributed by atoms with E-state index in [4.69, 9.17) is 5.11 Å². The van der Waals surface area contributed by atoms with E-state index < -0.39 is 11.7 Å². The Morgan fingerprint density at radius 3 is 3.00 bits per heavy atom. The van der Waals surface area contributed by atoms with Gasteiger partial charge in [0.25, 0.3) is 0 Å². The molecule has 1 rings (SSSR count). The van der Waals surface area contributed by atoms with Crippen molar-refractivity contribution in [3.8, 4) is 0 Å². The van der Waals surface area contributed by atoms with Crippen LogP contribution < -0.4 is 10.4 Å². The summed E-state index contributed by atoms with van der Waals surface area (Å²) < 4.78 is 4.14. The maximum atomic E-state index is 10.3. The highest BCUT2D eigenvalue weighted by atomic mass is 16.6. The lowest BCUT2D eigenvalue weighted by Crippen LogP contribution is -2.24. The van der Waals surface area contributed by atoms with Gasteiger partial charge in [0.1, 0.15) is 0 Å². The van der Waals surface area contributed by atoms with Gasteiger partial charge in [-0.15, -0.1) is 0 Å². The summed E-state index contributed by atoms with van der Waals surface area (Å²) in [6.07, 6.45) is 0. The number of carbonyl (C=O) groups excluding carboxylic acids is 1. The van der Waals surface area contributed by atoms with Crippen LogP contribution in [0.4, 0.5) is 5.82 Å². The van der Waals surface area contributed by atoms with Gasteiger partial charge >= 0.3 is 0 Å². The van der Waals surface area contributed by atoms with Gasteiger partial charge in [-0.05, 0) is 10.3 Å². The zero-order chi connectivity index (χ0) is 8.97. The van der Waals surface area contributed by atoms with Gasteiger partial charge < -0.3 is 20.3 Å². The molecule has 0 atom stereocenters. The first-order valence-corrected chi connectivity index (χ1v) is 3.14. The average Bonchev–Trinajstić information content (AvgIpc) is 2.48. The molecule has 7 nitrogen and oxygen atoms in total. The number of aliphatic hydroxyl groups is 1. The molecule has 0 bridgehead atoms.